The molecule has 0 fully saturated rings. The summed E-state index contributed by atoms with van der Waals surface area (Å²) in [6.07, 6.45) is 0. The Morgan fingerprint density at radius 3 is 0.553 bits per heavy atom. The predicted octanol–water partition coefficient (Wildman–Crippen LogP) is 9.60. The van der Waals surface area contributed by atoms with Crippen molar-refractivity contribution in [3.63, 3.8) is 0 Å². The van der Waals surface area contributed by atoms with E-state index in [0.29, 0.717) is 0 Å². The molecular weight excluding hydrogens is 853 g/mol. The Hall–Kier alpha value is -3.56. The molecule has 0 saturated heterocycles. The van der Waals surface area contributed by atoms with Gasteiger partial charge in [0.15, 0.2) is 0 Å². The first-order valence-electron chi connectivity index (χ1n) is 15.2. The molecule has 7 aromatic rings. The van der Waals surface area contributed by atoms with E-state index >= 15 is 0 Å². The molecular formula is C43H37BrP2Pt. The van der Waals surface area contributed by atoms with Gasteiger partial charge in [-0.3, -0.25) is 0 Å². The summed E-state index contributed by atoms with van der Waals surface area (Å²) in [4.78, 5) is 0. The zero-order chi connectivity index (χ0) is 32.9. The van der Waals surface area contributed by atoms with Crippen molar-refractivity contribution >= 4 is 61.0 Å². The van der Waals surface area contributed by atoms with Gasteiger partial charge in [0.2, 0.25) is 0 Å². The minimum atomic E-state index is -0.446. The molecule has 0 spiro atoms. The number of hydrogen-bond donors (Lipinski definition) is 0. The molecule has 0 N–H and O–H groups in total. The van der Waals surface area contributed by atoms with Gasteiger partial charge in [0, 0.05) is 0 Å². The van der Waals surface area contributed by atoms with Gasteiger partial charge in [-0.15, -0.1) is 12.1 Å². The molecule has 0 unspecified atom stereocenters. The summed E-state index contributed by atoms with van der Waals surface area (Å²) in [6, 6.07) is 74.5. The first-order valence-corrected chi connectivity index (χ1v) is 22.8. The van der Waals surface area contributed by atoms with Gasteiger partial charge in [0.1, 0.15) is 0 Å². The maximum absolute atomic E-state index is 3.72. The molecule has 47 heavy (non-hydrogen) atoms. The first kappa shape index (κ1) is 36.3. The van der Waals surface area contributed by atoms with Gasteiger partial charge in [-0.05, 0) is 47.7 Å². The van der Waals surface area contributed by atoms with Crippen molar-refractivity contribution in [2.75, 3.05) is 0 Å². The summed E-state index contributed by atoms with van der Waals surface area (Å²) >= 11 is 4.86. The number of rotatable bonds is 6. The third-order valence-corrected chi connectivity index (χ3v) is 11.8. The van der Waals surface area contributed by atoms with Crippen LogP contribution in [0.2, 0.25) is 0 Å². The van der Waals surface area contributed by atoms with Gasteiger partial charge < -0.3 is 0 Å². The van der Waals surface area contributed by atoms with Crippen LogP contribution in [0, 0.1) is 6.92 Å². The molecule has 0 atom stereocenters. The van der Waals surface area contributed by atoms with Gasteiger partial charge in [-0.2, -0.15) is 24.6 Å². The van der Waals surface area contributed by atoms with E-state index in [4.69, 9.17) is 0 Å². The summed E-state index contributed by atoms with van der Waals surface area (Å²) < 4.78 is 0. The average Bonchev–Trinajstić information content (AvgIpc) is 3.16. The van der Waals surface area contributed by atoms with E-state index in [2.05, 4.69) is 202 Å². The Morgan fingerprint density at radius 1 is 0.277 bits per heavy atom. The summed E-state index contributed by atoms with van der Waals surface area (Å²) in [6.45, 7) is 3.72. The number of hydrogen-bond acceptors (Lipinski definition) is 0. The van der Waals surface area contributed by atoms with E-state index in [1.165, 1.54) is 31.8 Å². The quantitative estimate of drug-likeness (QED) is 0.115. The largest absolute Gasteiger partial charge is 0.199 e. The van der Waals surface area contributed by atoms with E-state index in [1.54, 1.807) is 0 Å². The van der Waals surface area contributed by atoms with Crippen LogP contribution in [-0.2, 0) is 17.8 Å². The first-order chi connectivity index (χ1) is 23.3. The van der Waals surface area contributed by atoms with E-state index < -0.39 is 15.8 Å². The van der Waals surface area contributed by atoms with Crippen molar-refractivity contribution in [1.29, 1.82) is 0 Å². The topological polar surface area (TPSA) is 0 Å². The van der Waals surface area contributed by atoms with Gasteiger partial charge >= 0.3 is 31.1 Å². The molecule has 7 aromatic carbocycles. The van der Waals surface area contributed by atoms with Crippen LogP contribution in [0.1, 0.15) is 5.56 Å². The van der Waals surface area contributed by atoms with E-state index in [0.717, 1.165) is 5.56 Å². The molecule has 0 amide bonds. The monoisotopic (exact) mass is 889 g/mol. The van der Waals surface area contributed by atoms with Crippen LogP contribution in [0.15, 0.2) is 212 Å². The minimum Gasteiger partial charge on any atom is -0.199 e. The molecule has 0 bridgehead atoms. The molecule has 7 rings (SSSR count). The van der Waals surface area contributed by atoms with Crippen LogP contribution in [0.4, 0.5) is 0 Å². The summed E-state index contributed by atoms with van der Waals surface area (Å²) in [5, 5.41) is 8.39. The maximum atomic E-state index is 3.72. The molecule has 236 valence electrons. The van der Waals surface area contributed by atoms with Crippen LogP contribution in [-0.4, -0.2) is 0 Å². The second-order valence-electron chi connectivity index (χ2n) is 10.2. The van der Waals surface area contributed by atoms with Gasteiger partial charge in [-0.1, -0.05) is 188 Å². The normalized spacial score (nSPS) is 9.98. The Balaban J connectivity index is 0.000000170. The number of benzene rings is 7. The molecule has 0 aliphatic carbocycles. The third kappa shape index (κ3) is 11.9. The second kappa shape index (κ2) is 21.3. The summed E-state index contributed by atoms with van der Waals surface area (Å²) in [7, 11) is -0.892. The Morgan fingerprint density at radius 2 is 0.426 bits per heavy atom. The van der Waals surface area contributed by atoms with Crippen LogP contribution in [0.5, 0.6) is 0 Å². The van der Waals surface area contributed by atoms with E-state index in [1.807, 2.05) is 48.1 Å². The standard InChI is InChI=1S/2C18H15P.C7H7.BrH.Pt/c2*1-4-10-16(11-5-1)19(17-12-6-2-7-13-17)18-14-8-3-9-15-18;1-7-5-3-2-4-6-7;;/h2*1-15H;2-6H,1H2;1H;/q;;-1;;+2/p-1. The van der Waals surface area contributed by atoms with Gasteiger partial charge in [-0.25, -0.2) is 0 Å². The molecule has 0 aromatic heterocycles. The second-order valence-corrected chi connectivity index (χ2v) is 14.6. The van der Waals surface area contributed by atoms with Gasteiger partial charge in [0.05, 0.1) is 0 Å². The van der Waals surface area contributed by atoms with Crippen molar-refractivity contribution in [1.82, 2.24) is 0 Å². The molecule has 0 aliphatic heterocycles. The van der Waals surface area contributed by atoms with Crippen molar-refractivity contribution in [2.45, 2.75) is 0 Å². The van der Waals surface area contributed by atoms with Gasteiger partial charge in [0.25, 0.3) is 0 Å². The Bertz CT molecular complexity index is 1470. The van der Waals surface area contributed by atoms with Crippen LogP contribution in [0.3, 0.4) is 0 Å². The smallest absolute Gasteiger partial charge is 0.0134 e. The predicted molar refractivity (Wildman–Crippen MR) is 210 cm³/mol. The Kier molecular flexibility index (Phi) is 16.5. The SMILES string of the molecule is [Br][Pt+].[CH2-]c1ccccc1.c1ccc(P(c2ccccc2)c2ccccc2)cc1.c1ccc(P(c2ccccc2)c2ccccc2)cc1. The summed E-state index contributed by atoms with van der Waals surface area (Å²) in [5.74, 6) is 0. The fourth-order valence-corrected chi connectivity index (χ4v) is 9.45. The van der Waals surface area contributed by atoms with Crippen molar-refractivity contribution < 1.29 is 17.8 Å². The fraction of sp³-hybridized carbons (Fsp3) is 0. The molecule has 0 saturated carbocycles. The zero-order valence-corrected chi connectivity index (χ0v) is 31.7. The maximum Gasteiger partial charge on any atom is -0.0134 e. The fourth-order valence-electron chi connectivity index (χ4n) is 4.83. The van der Waals surface area contributed by atoms with Crippen LogP contribution < -0.4 is 31.8 Å². The molecule has 0 nitrogen and oxygen atoms in total. The van der Waals surface area contributed by atoms with Crippen molar-refractivity contribution in [3.05, 3.63) is 225 Å². The van der Waals surface area contributed by atoms with Crippen molar-refractivity contribution in [3.8, 4) is 0 Å². The molecule has 0 radical (unpaired) electrons. The molecule has 0 heterocycles. The third-order valence-electron chi connectivity index (χ3n) is 6.93. The average molecular weight is 891 g/mol. The van der Waals surface area contributed by atoms with Crippen LogP contribution >= 0.6 is 29.1 Å². The van der Waals surface area contributed by atoms with Crippen LogP contribution in [0.25, 0.3) is 0 Å². The minimum absolute atomic E-state index is 0.446. The molecule has 0 aliphatic rings. The van der Waals surface area contributed by atoms with E-state index in [-0.39, 0.29) is 0 Å². The Labute approximate surface area is 301 Å². The van der Waals surface area contributed by atoms with E-state index in [9.17, 15) is 0 Å². The van der Waals surface area contributed by atoms with Crippen molar-refractivity contribution in [2.24, 2.45) is 0 Å². The number of halogens is 1. The molecule has 4 heteroatoms. The zero-order valence-electron chi connectivity index (χ0n) is 26.0. The summed E-state index contributed by atoms with van der Waals surface area (Å²) in [5.41, 5.74) is 1.07.